The van der Waals surface area contributed by atoms with Gasteiger partial charge in [-0.3, -0.25) is 0 Å². The van der Waals surface area contributed by atoms with Crippen molar-refractivity contribution in [2.45, 2.75) is 32.6 Å². The average Bonchev–Trinajstić information content (AvgIpc) is 1.63. The summed E-state index contributed by atoms with van der Waals surface area (Å²) in [6, 6.07) is 0. The molecule has 0 heteroatoms. The Morgan fingerprint density at radius 3 is 1.89 bits per heavy atom. The minimum atomic E-state index is 1.15. The largest absolute Gasteiger partial charge is 0.103 e. The van der Waals surface area contributed by atoms with E-state index in [1.54, 1.807) is 0 Å². The summed E-state index contributed by atoms with van der Waals surface area (Å²) in [4.78, 5) is 0. The zero-order valence-electron chi connectivity index (χ0n) is 6.27. The summed E-state index contributed by atoms with van der Waals surface area (Å²) in [6.07, 6.45) is 11.3. The molecule has 0 saturated heterocycles. The molecule has 1 aliphatic rings. The maximum Gasteiger partial charge on any atom is -0.0316 e. The summed E-state index contributed by atoms with van der Waals surface area (Å²) < 4.78 is 0. The number of hydrogen-bond acceptors (Lipinski definition) is 0. The van der Waals surface area contributed by atoms with E-state index in [2.05, 4.69) is 25.7 Å². The van der Waals surface area contributed by atoms with Gasteiger partial charge in [-0.15, -0.1) is 6.58 Å². The van der Waals surface area contributed by atoms with Crippen LogP contribution < -0.4 is 0 Å². The number of unbranched alkanes of at least 4 members (excludes halogenated alkanes) is 1. The van der Waals surface area contributed by atoms with Crippen LogP contribution in [0.5, 0.6) is 0 Å². The van der Waals surface area contributed by atoms with Crippen molar-refractivity contribution in [2.24, 2.45) is 0 Å². The predicted octanol–water partition coefficient (Wildman–Crippen LogP) is 3.31. The van der Waals surface area contributed by atoms with E-state index in [9.17, 15) is 0 Å². The third-order valence-electron chi connectivity index (χ3n) is 1.16. The molecule has 0 N–H and O–H groups in total. The molecule has 0 aromatic heterocycles. The molecular formula is C9H16. The van der Waals surface area contributed by atoms with Gasteiger partial charge in [-0.2, -0.15) is 0 Å². The predicted molar refractivity (Wildman–Crippen MR) is 43.5 cm³/mol. The average molecular weight is 124 g/mol. The molecule has 0 radical (unpaired) electrons. The Hall–Kier alpha value is -0.520. The summed E-state index contributed by atoms with van der Waals surface area (Å²) >= 11 is 0. The Morgan fingerprint density at radius 2 is 1.89 bits per heavy atom. The fourth-order valence-electron chi connectivity index (χ4n) is 0.371. The standard InChI is InChI=1S/C5H10.C4H6/c1-3-5-4-2;1-2-4-3-1/h3H,1,4-5H2,2H3;1-2H,3-4H2. The Morgan fingerprint density at radius 1 is 1.44 bits per heavy atom. The normalized spacial score (nSPS) is 13.0. The van der Waals surface area contributed by atoms with E-state index in [4.69, 9.17) is 0 Å². The number of allylic oxidation sites excluding steroid dienone is 3. The minimum absolute atomic E-state index is 1.15. The maximum atomic E-state index is 3.55. The molecule has 0 spiro atoms. The second kappa shape index (κ2) is 7.48. The van der Waals surface area contributed by atoms with Crippen LogP contribution in [0.4, 0.5) is 0 Å². The van der Waals surface area contributed by atoms with E-state index in [1.807, 2.05) is 6.08 Å². The lowest BCUT2D eigenvalue weighted by atomic mass is 10.1. The highest BCUT2D eigenvalue weighted by Gasteiger charge is 1.81. The van der Waals surface area contributed by atoms with Crippen LogP contribution in [0.2, 0.25) is 0 Å². The molecule has 52 valence electrons. The monoisotopic (exact) mass is 124 g/mol. The fourth-order valence-corrected chi connectivity index (χ4v) is 0.371. The molecule has 0 bridgehead atoms. The first-order valence-corrected chi connectivity index (χ1v) is 3.67. The van der Waals surface area contributed by atoms with E-state index in [0.29, 0.717) is 0 Å². The van der Waals surface area contributed by atoms with Gasteiger partial charge in [-0.1, -0.05) is 31.6 Å². The van der Waals surface area contributed by atoms with Gasteiger partial charge in [0.1, 0.15) is 0 Å². The van der Waals surface area contributed by atoms with Crippen LogP contribution in [0.3, 0.4) is 0 Å². The topological polar surface area (TPSA) is 0 Å². The van der Waals surface area contributed by atoms with Crippen molar-refractivity contribution < 1.29 is 0 Å². The first kappa shape index (κ1) is 8.48. The van der Waals surface area contributed by atoms with Crippen molar-refractivity contribution >= 4 is 0 Å². The second-order valence-corrected chi connectivity index (χ2v) is 2.13. The third-order valence-corrected chi connectivity index (χ3v) is 1.16. The number of rotatable bonds is 2. The molecule has 0 nitrogen and oxygen atoms in total. The van der Waals surface area contributed by atoms with Crippen LogP contribution in [-0.2, 0) is 0 Å². The molecule has 1 rings (SSSR count). The van der Waals surface area contributed by atoms with Gasteiger partial charge in [0.25, 0.3) is 0 Å². The highest BCUT2D eigenvalue weighted by Crippen LogP contribution is 2.01. The first-order valence-electron chi connectivity index (χ1n) is 3.67. The smallest absolute Gasteiger partial charge is 0.0316 e. The summed E-state index contributed by atoms with van der Waals surface area (Å²) in [7, 11) is 0. The molecule has 0 unspecified atom stereocenters. The molecule has 0 atom stereocenters. The number of hydrogen-bond donors (Lipinski definition) is 0. The van der Waals surface area contributed by atoms with Gasteiger partial charge >= 0.3 is 0 Å². The molecular weight excluding hydrogens is 108 g/mol. The molecule has 0 amide bonds. The van der Waals surface area contributed by atoms with Crippen molar-refractivity contribution in [3.63, 3.8) is 0 Å². The van der Waals surface area contributed by atoms with Crippen LogP contribution in [0, 0.1) is 0 Å². The lowest BCUT2D eigenvalue weighted by molar-refractivity contribution is 0.961. The van der Waals surface area contributed by atoms with E-state index < -0.39 is 0 Å². The molecule has 1 aliphatic carbocycles. The summed E-state index contributed by atoms with van der Waals surface area (Å²) in [6.45, 7) is 5.69. The van der Waals surface area contributed by atoms with Crippen LogP contribution in [-0.4, -0.2) is 0 Å². The van der Waals surface area contributed by atoms with Crippen molar-refractivity contribution in [3.8, 4) is 0 Å². The Bertz CT molecular complexity index is 74.0. The van der Waals surface area contributed by atoms with Crippen molar-refractivity contribution in [1.82, 2.24) is 0 Å². The fraction of sp³-hybridized carbons (Fsp3) is 0.556. The Kier molecular flexibility index (Phi) is 7.05. The second-order valence-electron chi connectivity index (χ2n) is 2.13. The van der Waals surface area contributed by atoms with E-state index >= 15 is 0 Å². The quantitative estimate of drug-likeness (QED) is 0.495. The Labute approximate surface area is 58.3 Å². The lowest BCUT2D eigenvalue weighted by Gasteiger charge is -1.92. The van der Waals surface area contributed by atoms with Gasteiger partial charge in [0.05, 0.1) is 0 Å². The maximum absolute atomic E-state index is 3.55. The van der Waals surface area contributed by atoms with Gasteiger partial charge in [-0.25, -0.2) is 0 Å². The van der Waals surface area contributed by atoms with Crippen LogP contribution in [0.25, 0.3) is 0 Å². The lowest BCUT2D eigenvalue weighted by Crippen LogP contribution is -1.71. The molecule has 0 aromatic carbocycles. The van der Waals surface area contributed by atoms with E-state index in [-0.39, 0.29) is 0 Å². The SMILES string of the molecule is C1=CCC1.C=CCCC. The zero-order valence-corrected chi connectivity index (χ0v) is 6.27. The minimum Gasteiger partial charge on any atom is -0.103 e. The molecule has 9 heavy (non-hydrogen) atoms. The summed E-state index contributed by atoms with van der Waals surface area (Å²) in [5.41, 5.74) is 0. The van der Waals surface area contributed by atoms with Gasteiger partial charge < -0.3 is 0 Å². The van der Waals surface area contributed by atoms with Crippen LogP contribution in [0.15, 0.2) is 24.8 Å². The highest BCUT2D eigenvalue weighted by atomic mass is 13.9. The van der Waals surface area contributed by atoms with Gasteiger partial charge in [0.15, 0.2) is 0 Å². The highest BCUT2D eigenvalue weighted by molar-refractivity contribution is 4.92. The van der Waals surface area contributed by atoms with Gasteiger partial charge in [0, 0.05) is 0 Å². The zero-order chi connectivity index (χ0) is 6.95. The van der Waals surface area contributed by atoms with E-state index in [0.717, 1.165) is 6.42 Å². The van der Waals surface area contributed by atoms with E-state index in [1.165, 1.54) is 19.3 Å². The molecule has 0 aromatic rings. The summed E-state index contributed by atoms with van der Waals surface area (Å²) in [5, 5.41) is 0. The molecule has 0 heterocycles. The van der Waals surface area contributed by atoms with Crippen LogP contribution in [0.1, 0.15) is 32.6 Å². The molecule has 0 saturated carbocycles. The van der Waals surface area contributed by atoms with Crippen molar-refractivity contribution in [3.05, 3.63) is 24.8 Å². The Balaban J connectivity index is 0.000000144. The molecule has 0 aliphatic heterocycles. The third kappa shape index (κ3) is 7.48. The van der Waals surface area contributed by atoms with Crippen molar-refractivity contribution in [1.29, 1.82) is 0 Å². The van der Waals surface area contributed by atoms with Crippen molar-refractivity contribution in [2.75, 3.05) is 0 Å². The van der Waals surface area contributed by atoms with Gasteiger partial charge in [0.2, 0.25) is 0 Å². The molecule has 0 fully saturated rings. The van der Waals surface area contributed by atoms with Gasteiger partial charge in [-0.05, 0) is 19.3 Å². The summed E-state index contributed by atoms with van der Waals surface area (Å²) in [5.74, 6) is 0. The van der Waals surface area contributed by atoms with Crippen LogP contribution >= 0.6 is 0 Å². The first-order chi connectivity index (χ1) is 4.41.